The fourth-order valence-electron chi connectivity index (χ4n) is 1.46. The zero-order valence-electron chi connectivity index (χ0n) is 8.42. The first-order chi connectivity index (χ1) is 7.03. The van der Waals surface area contributed by atoms with Crippen molar-refractivity contribution in [3.05, 3.63) is 24.3 Å². The van der Waals surface area contributed by atoms with Crippen molar-refractivity contribution in [2.24, 2.45) is 0 Å². The van der Waals surface area contributed by atoms with E-state index in [4.69, 9.17) is 0 Å². The van der Waals surface area contributed by atoms with Crippen molar-refractivity contribution < 1.29 is 13.5 Å². The zero-order chi connectivity index (χ0) is 11.1. The Morgan fingerprint density at radius 2 is 1.93 bits per heavy atom. The van der Waals surface area contributed by atoms with Crippen LogP contribution in [0.3, 0.4) is 0 Å². The van der Waals surface area contributed by atoms with Gasteiger partial charge in [0.1, 0.15) is 10.6 Å². The summed E-state index contributed by atoms with van der Waals surface area (Å²) in [6, 6.07) is 6.12. The molecule has 1 aliphatic rings. The van der Waals surface area contributed by atoms with Crippen molar-refractivity contribution in [3.8, 4) is 5.75 Å². The van der Waals surface area contributed by atoms with Gasteiger partial charge in [-0.3, -0.25) is 0 Å². The number of phenols is 1. The maximum atomic E-state index is 12.0. The van der Waals surface area contributed by atoms with Crippen LogP contribution in [0.5, 0.6) is 5.75 Å². The predicted molar refractivity (Wildman–Crippen MR) is 56.1 cm³/mol. The van der Waals surface area contributed by atoms with Crippen molar-refractivity contribution in [3.63, 3.8) is 0 Å². The Morgan fingerprint density at radius 3 is 2.47 bits per heavy atom. The molecule has 0 bridgehead atoms. The third-order valence-electron chi connectivity index (χ3n) is 2.58. The molecule has 0 atom stereocenters. The van der Waals surface area contributed by atoms with Crippen molar-refractivity contribution in [1.82, 2.24) is 4.31 Å². The van der Waals surface area contributed by atoms with Crippen molar-refractivity contribution >= 4 is 10.0 Å². The van der Waals surface area contributed by atoms with Crippen LogP contribution in [-0.4, -0.2) is 30.9 Å². The summed E-state index contributed by atoms with van der Waals surface area (Å²) < 4.78 is 25.3. The molecule has 1 aliphatic carbocycles. The molecule has 1 N–H and O–H groups in total. The van der Waals surface area contributed by atoms with Gasteiger partial charge in [0.05, 0.1) is 0 Å². The highest BCUT2D eigenvalue weighted by Crippen LogP contribution is 2.32. The smallest absolute Gasteiger partial charge is 0.246 e. The Balaban J connectivity index is 2.41. The van der Waals surface area contributed by atoms with Crippen LogP contribution in [0.15, 0.2) is 29.2 Å². The third-order valence-corrected chi connectivity index (χ3v) is 4.54. The van der Waals surface area contributed by atoms with Gasteiger partial charge in [0.25, 0.3) is 0 Å². The van der Waals surface area contributed by atoms with Crippen LogP contribution >= 0.6 is 0 Å². The molecule has 1 aromatic carbocycles. The van der Waals surface area contributed by atoms with Gasteiger partial charge < -0.3 is 5.11 Å². The number of hydrogen-bond donors (Lipinski definition) is 1. The number of sulfonamides is 1. The molecule has 0 heterocycles. The van der Waals surface area contributed by atoms with Gasteiger partial charge in [-0.25, -0.2) is 8.42 Å². The predicted octanol–water partition coefficient (Wildman–Crippen LogP) is 1.18. The van der Waals surface area contributed by atoms with Crippen LogP contribution in [0.2, 0.25) is 0 Å². The second-order valence-corrected chi connectivity index (χ2v) is 5.69. The lowest BCUT2D eigenvalue weighted by Gasteiger charge is -2.16. The fraction of sp³-hybridized carbons (Fsp3) is 0.400. The Kier molecular flexibility index (Phi) is 2.44. The molecule has 0 saturated heterocycles. The summed E-state index contributed by atoms with van der Waals surface area (Å²) in [6.07, 6.45) is 1.81. The molecule has 0 amide bonds. The fourth-order valence-corrected chi connectivity index (χ4v) is 2.96. The van der Waals surface area contributed by atoms with E-state index in [2.05, 4.69) is 0 Å². The summed E-state index contributed by atoms with van der Waals surface area (Å²) in [5.41, 5.74) is 0. The molecule has 15 heavy (non-hydrogen) atoms. The van der Waals surface area contributed by atoms with Gasteiger partial charge in [-0.2, -0.15) is 4.31 Å². The van der Waals surface area contributed by atoms with Crippen molar-refractivity contribution in [2.75, 3.05) is 7.05 Å². The van der Waals surface area contributed by atoms with E-state index in [0.717, 1.165) is 12.8 Å². The molecule has 1 saturated carbocycles. The number of hydrogen-bond acceptors (Lipinski definition) is 3. The molecular weight excluding hydrogens is 214 g/mol. The van der Waals surface area contributed by atoms with E-state index < -0.39 is 10.0 Å². The van der Waals surface area contributed by atoms with Gasteiger partial charge in [-0.05, 0) is 25.0 Å². The number of phenolic OH excluding ortho intramolecular Hbond substituents is 1. The molecule has 0 aliphatic heterocycles. The van der Waals surface area contributed by atoms with Gasteiger partial charge in [-0.1, -0.05) is 12.1 Å². The van der Waals surface area contributed by atoms with E-state index >= 15 is 0 Å². The highest BCUT2D eigenvalue weighted by atomic mass is 32.2. The minimum atomic E-state index is -3.52. The van der Waals surface area contributed by atoms with Crippen LogP contribution in [0.25, 0.3) is 0 Å². The first kappa shape index (κ1) is 10.4. The molecule has 4 nitrogen and oxygen atoms in total. The molecular formula is C10H13NO3S. The summed E-state index contributed by atoms with van der Waals surface area (Å²) >= 11 is 0. The van der Waals surface area contributed by atoms with Gasteiger partial charge in [0, 0.05) is 13.1 Å². The lowest BCUT2D eigenvalue weighted by Crippen LogP contribution is -2.28. The number of benzene rings is 1. The first-order valence-electron chi connectivity index (χ1n) is 4.79. The normalized spacial score (nSPS) is 16.9. The Hall–Kier alpha value is -1.07. The van der Waals surface area contributed by atoms with Gasteiger partial charge in [0.15, 0.2) is 0 Å². The second kappa shape index (κ2) is 3.50. The van der Waals surface area contributed by atoms with Crippen molar-refractivity contribution in [2.45, 2.75) is 23.8 Å². The maximum absolute atomic E-state index is 12.0. The number of aromatic hydroxyl groups is 1. The van der Waals surface area contributed by atoms with E-state index in [9.17, 15) is 13.5 Å². The Labute approximate surface area is 89.2 Å². The first-order valence-corrected chi connectivity index (χ1v) is 6.23. The van der Waals surface area contributed by atoms with Crippen LogP contribution in [0, 0.1) is 0 Å². The average molecular weight is 227 g/mol. The quantitative estimate of drug-likeness (QED) is 0.843. The molecule has 5 heteroatoms. The molecule has 2 rings (SSSR count). The summed E-state index contributed by atoms with van der Waals surface area (Å²) in [7, 11) is -1.97. The van der Waals surface area contributed by atoms with E-state index in [1.54, 1.807) is 19.2 Å². The van der Waals surface area contributed by atoms with E-state index in [1.807, 2.05) is 0 Å². The molecule has 1 aromatic rings. The number of nitrogens with zero attached hydrogens (tertiary/aromatic N) is 1. The van der Waals surface area contributed by atoms with Crippen LogP contribution in [0.1, 0.15) is 12.8 Å². The lowest BCUT2D eigenvalue weighted by atomic mass is 10.3. The summed E-state index contributed by atoms with van der Waals surface area (Å²) in [5.74, 6) is -0.190. The molecule has 1 fully saturated rings. The Morgan fingerprint density at radius 1 is 1.33 bits per heavy atom. The lowest BCUT2D eigenvalue weighted by molar-refractivity contribution is 0.439. The standard InChI is InChI=1S/C10H13NO3S/c1-11(8-6-7-8)15(13,14)10-5-3-2-4-9(10)12/h2-5,8,12H,6-7H2,1H3. The van der Waals surface area contributed by atoms with Gasteiger partial charge in [0.2, 0.25) is 10.0 Å². The highest BCUT2D eigenvalue weighted by molar-refractivity contribution is 7.89. The maximum Gasteiger partial charge on any atom is 0.246 e. The topological polar surface area (TPSA) is 57.6 Å². The zero-order valence-corrected chi connectivity index (χ0v) is 9.24. The molecule has 0 spiro atoms. The highest BCUT2D eigenvalue weighted by Gasteiger charge is 2.35. The Bertz CT molecular complexity index is 465. The minimum Gasteiger partial charge on any atom is -0.507 e. The number of rotatable bonds is 3. The molecule has 0 unspecified atom stereocenters. The molecule has 0 aromatic heterocycles. The summed E-state index contributed by atoms with van der Waals surface area (Å²) in [6.45, 7) is 0. The van der Waals surface area contributed by atoms with E-state index in [0.29, 0.717) is 0 Å². The largest absolute Gasteiger partial charge is 0.507 e. The minimum absolute atomic E-state index is 0.0144. The third kappa shape index (κ3) is 1.85. The van der Waals surface area contributed by atoms with Gasteiger partial charge >= 0.3 is 0 Å². The van der Waals surface area contributed by atoms with E-state index in [-0.39, 0.29) is 16.7 Å². The molecule has 82 valence electrons. The van der Waals surface area contributed by atoms with Gasteiger partial charge in [-0.15, -0.1) is 0 Å². The molecule has 0 radical (unpaired) electrons. The summed E-state index contributed by atoms with van der Waals surface area (Å²) in [4.78, 5) is -0.0144. The SMILES string of the molecule is CN(C1CC1)S(=O)(=O)c1ccccc1O. The van der Waals surface area contributed by atoms with Crippen LogP contribution in [0.4, 0.5) is 0 Å². The monoisotopic (exact) mass is 227 g/mol. The van der Waals surface area contributed by atoms with Crippen LogP contribution in [-0.2, 0) is 10.0 Å². The average Bonchev–Trinajstić information content (AvgIpc) is 3.00. The van der Waals surface area contributed by atoms with Crippen LogP contribution < -0.4 is 0 Å². The number of para-hydroxylation sites is 1. The van der Waals surface area contributed by atoms with Crippen molar-refractivity contribution in [1.29, 1.82) is 0 Å². The second-order valence-electron chi connectivity index (χ2n) is 3.72. The van der Waals surface area contributed by atoms with E-state index in [1.165, 1.54) is 16.4 Å². The summed E-state index contributed by atoms with van der Waals surface area (Å²) in [5, 5.41) is 9.49.